The van der Waals surface area contributed by atoms with Crippen molar-refractivity contribution in [1.82, 2.24) is 9.97 Å². The summed E-state index contributed by atoms with van der Waals surface area (Å²) in [5.41, 5.74) is 1.54. The van der Waals surface area contributed by atoms with Crippen molar-refractivity contribution >= 4 is 23.2 Å². The molecule has 0 unspecified atom stereocenters. The van der Waals surface area contributed by atoms with E-state index in [9.17, 15) is 0 Å². The van der Waals surface area contributed by atoms with E-state index in [1.807, 2.05) is 24.3 Å². The molecule has 0 spiro atoms. The number of aromatic nitrogens is 2. The normalized spacial score (nSPS) is 10.2. The molecular weight excluding hydrogens is 247 g/mol. The van der Waals surface area contributed by atoms with Gasteiger partial charge in [0.05, 0.1) is 19.0 Å². The highest BCUT2D eigenvalue weighted by molar-refractivity contribution is 6.40. The number of hydrogen-bond acceptors (Lipinski definition) is 3. The van der Waals surface area contributed by atoms with Crippen molar-refractivity contribution in [2.24, 2.45) is 0 Å². The molecule has 1 aromatic carbocycles. The molecule has 82 valence electrons. The Labute approximate surface area is 103 Å². The molecule has 0 bridgehead atoms. The van der Waals surface area contributed by atoms with Crippen LogP contribution in [0, 0.1) is 0 Å². The molecule has 0 aliphatic heterocycles. The Morgan fingerprint density at radius 2 is 2.00 bits per heavy atom. The molecule has 0 N–H and O–H groups in total. The summed E-state index contributed by atoms with van der Waals surface area (Å²) >= 11 is 11.5. The first kappa shape index (κ1) is 11.2. The molecule has 16 heavy (non-hydrogen) atoms. The molecule has 0 amide bonds. The molecule has 0 fully saturated rings. The van der Waals surface area contributed by atoms with Gasteiger partial charge >= 0.3 is 0 Å². The molecule has 2 rings (SSSR count). The Morgan fingerprint density at radius 1 is 1.19 bits per heavy atom. The Balaban J connectivity index is 2.46. The average molecular weight is 255 g/mol. The molecule has 1 aromatic heterocycles. The highest BCUT2D eigenvalue weighted by Gasteiger charge is 2.05. The Morgan fingerprint density at radius 3 is 2.69 bits per heavy atom. The van der Waals surface area contributed by atoms with Crippen LogP contribution in [0.5, 0.6) is 5.75 Å². The van der Waals surface area contributed by atoms with Gasteiger partial charge in [0.25, 0.3) is 0 Å². The van der Waals surface area contributed by atoms with Gasteiger partial charge in [-0.2, -0.15) is 0 Å². The topological polar surface area (TPSA) is 35.0 Å². The first-order chi connectivity index (χ1) is 7.70. The van der Waals surface area contributed by atoms with Crippen molar-refractivity contribution in [1.29, 1.82) is 0 Å². The molecule has 1 heterocycles. The fourth-order valence-electron chi connectivity index (χ4n) is 1.27. The van der Waals surface area contributed by atoms with Gasteiger partial charge in [0, 0.05) is 5.56 Å². The van der Waals surface area contributed by atoms with Crippen LogP contribution in [-0.2, 0) is 0 Å². The highest BCUT2D eigenvalue weighted by Crippen LogP contribution is 2.25. The largest absolute Gasteiger partial charge is 0.497 e. The van der Waals surface area contributed by atoms with Crippen LogP contribution in [0.3, 0.4) is 0 Å². The Bertz CT molecular complexity index is 517. The molecule has 0 radical (unpaired) electrons. The van der Waals surface area contributed by atoms with Gasteiger partial charge < -0.3 is 4.74 Å². The van der Waals surface area contributed by atoms with Gasteiger partial charge in [-0.3, -0.25) is 0 Å². The third-order valence-electron chi connectivity index (χ3n) is 2.05. The van der Waals surface area contributed by atoms with E-state index >= 15 is 0 Å². The Kier molecular flexibility index (Phi) is 3.27. The summed E-state index contributed by atoms with van der Waals surface area (Å²) < 4.78 is 5.12. The summed E-state index contributed by atoms with van der Waals surface area (Å²) in [6.07, 6.45) is 1.57. The number of rotatable bonds is 2. The highest BCUT2D eigenvalue weighted by atomic mass is 35.5. The molecule has 0 atom stereocenters. The second-order valence-electron chi connectivity index (χ2n) is 3.07. The fraction of sp³-hybridized carbons (Fsp3) is 0.0909. The van der Waals surface area contributed by atoms with E-state index < -0.39 is 0 Å². The van der Waals surface area contributed by atoms with E-state index in [-0.39, 0.29) is 10.3 Å². The van der Waals surface area contributed by atoms with Crippen molar-refractivity contribution in [3.63, 3.8) is 0 Å². The van der Waals surface area contributed by atoms with Crippen LogP contribution in [0.2, 0.25) is 10.3 Å². The Hall–Kier alpha value is -1.32. The lowest BCUT2D eigenvalue weighted by atomic mass is 10.1. The number of methoxy groups -OCH3 is 1. The standard InChI is InChI=1S/C11H8Cl2N2O/c1-16-8-4-2-3-7(5-8)9-6-14-10(12)11(13)15-9/h2-6H,1H3. The van der Waals surface area contributed by atoms with Gasteiger partial charge in [-0.25, -0.2) is 9.97 Å². The summed E-state index contributed by atoms with van der Waals surface area (Å²) in [5.74, 6) is 0.755. The minimum absolute atomic E-state index is 0.196. The van der Waals surface area contributed by atoms with E-state index in [2.05, 4.69) is 9.97 Å². The number of hydrogen-bond donors (Lipinski definition) is 0. The quantitative estimate of drug-likeness (QED) is 0.824. The van der Waals surface area contributed by atoms with Crippen LogP contribution in [0.15, 0.2) is 30.5 Å². The molecule has 3 nitrogen and oxygen atoms in total. The van der Waals surface area contributed by atoms with Crippen molar-refractivity contribution in [3.8, 4) is 17.0 Å². The van der Waals surface area contributed by atoms with E-state index in [0.29, 0.717) is 5.69 Å². The van der Waals surface area contributed by atoms with Crippen LogP contribution in [0.25, 0.3) is 11.3 Å². The van der Waals surface area contributed by atoms with Crippen LogP contribution >= 0.6 is 23.2 Å². The zero-order valence-electron chi connectivity index (χ0n) is 8.45. The maximum atomic E-state index is 5.80. The van der Waals surface area contributed by atoms with E-state index in [1.54, 1.807) is 13.3 Å². The summed E-state index contributed by atoms with van der Waals surface area (Å²) in [5, 5.41) is 0.398. The van der Waals surface area contributed by atoms with Crippen molar-refractivity contribution < 1.29 is 4.74 Å². The van der Waals surface area contributed by atoms with Gasteiger partial charge in [-0.1, -0.05) is 35.3 Å². The van der Waals surface area contributed by atoms with Gasteiger partial charge in [-0.15, -0.1) is 0 Å². The summed E-state index contributed by atoms with van der Waals surface area (Å²) in [6, 6.07) is 7.48. The van der Waals surface area contributed by atoms with Gasteiger partial charge in [-0.05, 0) is 12.1 Å². The van der Waals surface area contributed by atoms with Crippen molar-refractivity contribution in [3.05, 3.63) is 40.8 Å². The lowest BCUT2D eigenvalue weighted by molar-refractivity contribution is 0.415. The number of nitrogens with zero attached hydrogens (tertiary/aromatic N) is 2. The lowest BCUT2D eigenvalue weighted by Crippen LogP contribution is -1.89. The average Bonchev–Trinajstić information content (AvgIpc) is 2.33. The molecule has 0 saturated heterocycles. The third-order valence-corrected chi connectivity index (χ3v) is 2.69. The van der Waals surface area contributed by atoms with Crippen LogP contribution < -0.4 is 4.74 Å². The minimum atomic E-state index is 0.196. The molecule has 0 saturated carbocycles. The van der Waals surface area contributed by atoms with Gasteiger partial charge in [0.15, 0.2) is 10.3 Å². The second-order valence-corrected chi connectivity index (χ2v) is 3.78. The smallest absolute Gasteiger partial charge is 0.167 e. The predicted molar refractivity (Wildman–Crippen MR) is 64.0 cm³/mol. The minimum Gasteiger partial charge on any atom is -0.497 e. The molecule has 0 aliphatic rings. The van der Waals surface area contributed by atoms with Crippen molar-refractivity contribution in [2.45, 2.75) is 0 Å². The zero-order chi connectivity index (χ0) is 11.5. The first-order valence-electron chi connectivity index (χ1n) is 4.53. The molecular formula is C11H8Cl2N2O. The number of halogens is 2. The summed E-state index contributed by atoms with van der Waals surface area (Å²) in [7, 11) is 1.61. The fourth-order valence-corrected chi connectivity index (χ4v) is 1.50. The van der Waals surface area contributed by atoms with Gasteiger partial charge in [0.2, 0.25) is 0 Å². The summed E-state index contributed by atoms with van der Waals surface area (Å²) in [6.45, 7) is 0. The zero-order valence-corrected chi connectivity index (χ0v) is 9.96. The monoisotopic (exact) mass is 254 g/mol. The first-order valence-corrected chi connectivity index (χ1v) is 5.29. The predicted octanol–water partition coefficient (Wildman–Crippen LogP) is 3.46. The maximum absolute atomic E-state index is 5.80. The maximum Gasteiger partial charge on any atom is 0.167 e. The second kappa shape index (κ2) is 4.68. The van der Waals surface area contributed by atoms with Crippen molar-refractivity contribution in [2.75, 3.05) is 7.11 Å². The van der Waals surface area contributed by atoms with E-state index in [0.717, 1.165) is 11.3 Å². The van der Waals surface area contributed by atoms with Crippen LogP contribution in [0.4, 0.5) is 0 Å². The molecule has 2 aromatic rings. The van der Waals surface area contributed by atoms with Crippen LogP contribution in [-0.4, -0.2) is 17.1 Å². The molecule has 0 aliphatic carbocycles. The van der Waals surface area contributed by atoms with Crippen LogP contribution in [0.1, 0.15) is 0 Å². The third kappa shape index (κ3) is 2.26. The number of ether oxygens (including phenoxy) is 1. The number of benzene rings is 1. The van der Waals surface area contributed by atoms with E-state index in [4.69, 9.17) is 27.9 Å². The molecule has 5 heteroatoms. The SMILES string of the molecule is COc1cccc(-c2cnc(Cl)c(Cl)n2)c1. The van der Waals surface area contributed by atoms with E-state index in [1.165, 1.54) is 0 Å². The lowest BCUT2D eigenvalue weighted by Gasteiger charge is -2.04. The van der Waals surface area contributed by atoms with Gasteiger partial charge in [0.1, 0.15) is 5.75 Å². The summed E-state index contributed by atoms with van der Waals surface area (Å²) in [4.78, 5) is 8.07.